The fourth-order valence-electron chi connectivity index (χ4n) is 5.62. The van der Waals surface area contributed by atoms with E-state index in [0.717, 1.165) is 41.7 Å². The van der Waals surface area contributed by atoms with Gasteiger partial charge in [0.2, 0.25) is 0 Å². The van der Waals surface area contributed by atoms with Crippen molar-refractivity contribution in [3.63, 3.8) is 0 Å². The highest BCUT2D eigenvalue weighted by Crippen LogP contribution is 2.41. The molecular weight excluding hydrogens is 482 g/mol. The molecule has 0 saturated heterocycles. The van der Waals surface area contributed by atoms with E-state index in [1.807, 2.05) is 31.2 Å². The number of rotatable bonds is 7. The Balaban J connectivity index is 1.47. The summed E-state index contributed by atoms with van der Waals surface area (Å²) in [5, 5.41) is 12.0. The van der Waals surface area contributed by atoms with Crippen LogP contribution in [-0.4, -0.2) is 34.4 Å². The normalized spacial score (nSPS) is 20.1. The topological polar surface area (TPSA) is 68.7 Å². The third kappa shape index (κ3) is 5.10. The van der Waals surface area contributed by atoms with E-state index in [9.17, 15) is 9.90 Å². The molecule has 6 heteroatoms. The summed E-state index contributed by atoms with van der Waals surface area (Å²) < 4.78 is 13.7. The Labute approximate surface area is 222 Å². The van der Waals surface area contributed by atoms with E-state index >= 15 is 0 Å². The Hall–Kier alpha value is -2.96. The predicted octanol–water partition coefficient (Wildman–Crippen LogP) is 8.18. The predicted molar refractivity (Wildman–Crippen MR) is 151 cm³/mol. The lowest BCUT2D eigenvalue weighted by molar-refractivity contribution is -0.0970. The molecule has 0 radical (unpaired) electrons. The number of benzene rings is 2. The molecule has 4 aromatic rings. The van der Waals surface area contributed by atoms with Crippen LogP contribution in [0.5, 0.6) is 5.75 Å². The fraction of sp³-hybridized carbons (Fsp3) is 0.419. The second kappa shape index (κ2) is 10.1. The zero-order chi connectivity index (χ0) is 26.3. The molecule has 2 aromatic carbocycles. The first-order valence-corrected chi connectivity index (χ1v) is 13.9. The van der Waals surface area contributed by atoms with E-state index in [1.165, 1.54) is 10.1 Å². The van der Waals surface area contributed by atoms with Crippen molar-refractivity contribution >= 4 is 38.3 Å². The SMILES string of the molecule is Cc1c(-c2cc(C(=O)O)c3c(OC[C@H]4CC[C@@](C)(OC(C)C)CC4)ccc(C)c3n2)sc2ccccc12. The molecule has 5 nitrogen and oxygen atoms in total. The van der Waals surface area contributed by atoms with Gasteiger partial charge in [0.1, 0.15) is 5.75 Å². The van der Waals surface area contributed by atoms with Gasteiger partial charge in [-0.2, -0.15) is 0 Å². The molecule has 5 rings (SSSR count). The number of fused-ring (bicyclic) bond motifs is 2. The van der Waals surface area contributed by atoms with Crippen LogP contribution in [-0.2, 0) is 4.74 Å². The first kappa shape index (κ1) is 25.7. The summed E-state index contributed by atoms with van der Waals surface area (Å²) in [4.78, 5) is 18.5. The Morgan fingerprint density at radius 2 is 1.89 bits per heavy atom. The second-order valence-corrected chi connectivity index (χ2v) is 11.9. The van der Waals surface area contributed by atoms with Gasteiger partial charge in [0.25, 0.3) is 0 Å². The molecule has 0 bridgehead atoms. The minimum Gasteiger partial charge on any atom is -0.493 e. The summed E-state index contributed by atoms with van der Waals surface area (Å²) in [5.41, 5.74) is 3.61. The lowest BCUT2D eigenvalue weighted by Gasteiger charge is -2.38. The Morgan fingerprint density at radius 3 is 2.57 bits per heavy atom. The first-order valence-electron chi connectivity index (χ1n) is 13.1. The van der Waals surface area contributed by atoms with Crippen molar-refractivity contribution in [1.82, 2.24) is 4.98 Å². The third-order valence-corrected chi connectivity index (χ3v) is 8.88. The standard InChI is InChI=1S/C31H35NO4S/c1-18(2)36-31(5)14-12-21(13-15-31)17-35-25-11-10-19(3)28-27(25)23(30(33)34)16-24(32-28)29-20(4)22-8-6-7-9-26(22)37-29/h6-11,16,18,21H,12-15,17H2,1-5H3,(H,33,34)/t21-,31+. The summed E-state index contributed by atoms with van der Waals surface area (Å²) in [6.07, 6.45) is 4.31. The number of carbonyl (C=O) groups is 1. The molecule has 0 spiro atoms. The van der Waals surface area contributed by atoms with Crippen LogP contribution in [0.2, 0.25) is 0 Å². The highest BCUT2D eigenvalue weighted by atomic mass is 32.1. The molecule has 0 unspecified atom stereocenters. The molecule has 1 N–H and O–H groups in total. The molecule has 1 aliphatic carbocycles. The summed E-state index contributed by atoms with van der Waals surface area (Å²) in [7, 11) is 0. The van der Waals surface area contributed by atoms with Crippen molar-refractivity contribution in [3.05, 3.63) is 59.2 Å². The number of aromatic nitrogens is 1. The van der Waals surface area contributed by atoms with E-state index in [1.54, 1.807) is 17.4 Å². The molecule has 194 valence electrons. The van der Waals surface area contributed by atoms with Crippen molar-refractivity contribution in [3.8, 4) is 16.3 Å². The van der Waals surface area contributed by atoms with Gasteiger partial charge in [0, 0.05) is 4.70 Å². The second-order valence-electron chi connectivity index (χ2n) is 10.9. The number of hydrogen-bond donors (Lipinski definition) is 1. The van der Waals surface area contributed by atoms with Gasteiger partial charge in [-0.3, -0.25) is 0 Å². The molecule has 0 atom stereocenters. The van der Waals surface area contributed by atoms with Gasteiger partial charge >= 0.3 is 5.97 Å². The zero-order valence-electron chi connectivity index (χ0n) is 22.3. The minimum absolute atomic E-state index is 0.0667. The first-order chi connectivity index (χ1) is 17.6. The van der Waals surface area contributed by atoms with Gasteiger partial charge in [-0.05, 0) is 101 Å². The van der Waals surface area contributed by atoms with Gasteiger partial charge in [-0.15, -0.1) is 11.3 Å². The monoisotopic (exact) mass is 517 g/mol. The van der Waals surface area contributed by atoms with E-state index in [-0.39, 0.29) is 17.3 Å². The summed E-state index contributed by atoms with van der Waals surface area (Å²) in [5.74, 6) is 0.0425. The number of pyridine rings is 1. The van der Waals surface area contributed by atoms with Crippen LogP contribution in [0.4, 0.5) is 0 Å². The fourth-order valence-corrected chi connectivity index (χ4v) is 6.79. The smallest absolute Gasteiger partial charge is 0.336 e. The van der Waals surface area contributed by atoms with Crippen molar-refractivity contribution in [1.29, 1.82) is 0 Å². The summed E-state index contributed by atoms with van der Waals surface area (Å²) in [6, 6.07) is 13.8. The van der Waals surface area contributed by atoms with Crippen LogP contribution in [0.25, 0.3) is 31.6 Å². The van der Waals surface area contributed by atoms with Crippen molar-refractivity contribution in [2.24, 2.45) is 5.92 Å². The molecule has 2 heterocycles. The summed E-state index contributed by atoms with van der Waals surface area (Å²) >= 11 is 1.65. The highest BCUT2D eigenvalue weighted by molar-refractivity contribution is 7.22. The van der Waals surface area contributed by atoms with Crippen LogP contribution >= 0.6 is 11.3 Å². The molecule has 1 fully saturated rings. The number of hydrogen-bond acceptors (Lipinski definition) is 5. The number of ether oxygens (including phenoxy) is 2. The van der Waals surface area contributed by atoms with Crippen molar-refractivity contribution in [2.75, 3.05) is 6.61 Å². The third-order valence-electron chi connectivity index (χ3n) is 7.59. The Kier molecular flexibility index (Phi) is 6.99. The van der Waals surface area contributed by atoms with Crippen LogP contribution < -0.4 is 4.74 Å². The van der Waals surface area contributed by atoms with Gasteiger partial charge in [0.05, 0.1) is 45.3 Å². The maximum atomic E-state index is 12.5. The average molecular weight is 518 g/mol. The van der Waals surface area contributed by atoms with Crippen LogP contribution in [0.1, 0.15) is 67.9 Å². The number of aromatic carboxylic acids is 1. The molecule has 37 heavy (non-hydrogen) atoms. The molecule has 0 aliphatic heterocycles. The number of carboxylic acid groups (broad SMARTS) is 1. The molecule has 2 aromatic heterocycles. The average Bonchev–Trinajstić information content (AvgIpc) is 3.20. The Morgan fingerprint density at radius 1 is 1.16 bits per heavy atom. The number of thiophene rings is 1. The lowest BCUT2D eigenvalue weighted by Crippen LogP contribution is -2.37. The van der Waals surface area contributed by atoms with E-state index < -0.39 is 5.97 Å². The van der Waals surface area contributed by atoms with Crippen LogP contribution in [0, 0.1) is 19.8 Å². The number of aryl methyl sites for hydroxylation is 2. The molecule has 1 aliphatic rings. The van der Waals surface area contributed by atoms with Crippen LogP contribution in [0.15, 0.2) is 42.5 Å². The molecule has 0 amide bonds. The Bertz CT molecular complexity index is 1460. The quantitative estimate of drug-likeness (QED) is 0.268. The number of nitrogens with zero attached hydrogens (tertiary/aromatic N) is 1. The van der Waals surface area contributed by atoms with Gasteiger partial charge < -0.3 is 14.6 Å². The van der Waals surface area contributed by atoms with E-state index in [0.29, 0.717) is 34.9 Å². The summed E-state index contributed by atoms with van der Waals surface area (Å²) in [6.45, 7) is 11.0. The lowest BCUT2D eigenvalue weighted by atomic mass is 9.80. The van der Waals surface area contributed by atoms with Gasteiger partial charge in [-0.25, -0.2) is 9.78 Å². The molecule has 1 saturated carbocycles. The van der Waals surface area contributed by atoms with Crippen molar-refractivity contribution in [2.45, 2.75) is 72.0 Å². The highest BCUT2D eigenvalue weighted by Gasteiger charge is 2.33. The zero-order valence-corrected chi connectivity index (χ0v) is 23.1. The maximum absolute atomic E-state index is 12.5. The number of carboxylic acids is 1. The van der Waals surface area contributed by atoms with Gasteiger partial charge in [0.15, 0.2) is 0 Å². The van der Waals surface area contributed by atoms with Crippen molar-refractivity contribution < 1.29 is 19.4 Å². The van der Waals surface area contributed by atoms with Gasteiger partial charge in [-0.1, -0.05) is 24.3 Å². The van der Waals surface area contributed by atoms with E-state index in [4.69, 9.17) is 14.5 Å². The van der Waals surface area contributed by atoms with Crippen LogP contribution in [0.3, 0.4) is 0 Å². The van der Waals surface area contributed by atoms with E-state index in [2.05, 4.69) is 39.8 Å². The molecular formula is C31H35NO4S. The maximum Gasteiger partial charge on any atom is 0.336 e. The largest absolute Gasteiger partial charge is 0.493 e. The minimum atomic E-state index is -0.970.